The van der Waals surface area contributed by atoms with Gasteiger partial charge in [-0.25, -0.2) is 0 Å². The first-order chi connectivity index (χ1) is 49.6. The Morgan fingerprint density at radius 3 is 0.780 bits per heavy atom. The number of aromatic nitrogens is 4. The summed E-state index contributed by atoms with van der Waals surface area (Å²) >= 11 is 0. The van der Waals surface area contributed by atoms with Gasteiger partial charge in [-0.15, -0.1) is 0 Å². The summed E-state index contributed by atoms with van der Waals surface area (Å²) in [6.07, 6.45) is 0. The Bertz CT molecular complexity index is 6490. The average molecular weight is 1270 g/mol. The van der Waals surface area contributed by atoms with Gasteiger partial charge < -0.3 is 18.3 Å². The normalized spacial score (nSPS) is 11.6. The molecule has 4 nitrogen and oxygen atoms in total. The lowest BCUT2D eigenvalue weighted by atomic mass is 9.94. The topological polar surface area (TPSA) is 19.7 Å². The Hall–Kier alpha value is -13.3. The Balaban J connectivity index is 0.000000139. The summed E-state index contributed by atoms with van der Waals surface area (Å²) in [5, 5.41) is 10.1. The number of hydrogen-bond acceptors (Lipinski definition) is 0. The quantitative estimate of drug-likeness (QED) is 0.130. The lowest BCUT2D eigenvalue weighted by molar-refractivity contribution is 1.18. The molecule has 0 amide bonds. The fraction of sp³-hybridized carbons (Fsp3) is 0. The molecule has 0 atom stereocenters. The van der Waals surface area contributed by atoms with Gasteiger partial charge in [0.05, 0.1) is 44.1 Å². The predicted octanol–water partition coefficient (Wildman–Crippen LogP) is 25.8. The zero-order valence-electron chi connectivity index (χ0n) is 54.7. The van der Waals surface area contributed by atoms with Crippen LogP contribution < -0.4 is 0 Å². The Labute approximate surface area is 579 Å². The van der Waals surface area contributed by atoms with Crippen molar-refractivity contribution in [3.05, 3.63) is 388 Å². The molecule has 100 heavy (non-hydrogen) atoms. The van der Waals surface area contributed by atoms with E-state index in [0.717, 1.165) is 11.4 Å². The van der Waals surface area contributed by atoms with Crippen molar-refractivity contribution in [1.29, 1.82) is 0 Å². The smallest absolute Gasteiger partial charge is 0.0541 e. The van der Waals surface area contributed by atoms with E-state index in [1.165, 1.54) is 165 Å². The van der Waals surface area contributed by atoms with Crippen LogP contribution in [0.4, 0.5) is 0 Å². The molecule has 0 N–H and O–H groups in total. The molecule has 0 fully saturated rings. The second kappa shape index (κ2) is 24.4. The summed E-state index contributed by atoms with van der Waals surface area (Å²) in [4.78, 5) is 0. The van der Waals surface area contributed by atoms with Gasteiger partial charge in [0.2, 0.25) is 0 Å². The van der Waals surface area contributed by atoms with Crippen LogP contribution in [0.2, 0.25) is 0 Å². The predicted molar refractivity (Wildman–Crippen MR) is 423 cm³/mol. The van der Waals surface area contributed by atoms with Crippen molar-refractivity contribution in [1.82, 2.24) is 18.3 Å². The monoisotopic (exact) mass is 1270 g/mol. The number of nitrogens with zero attached hydrogens (tertiary/aromatic N) is 4. The van der Waals surface area contributed by atoms with Crippen molar-refractivity contribution in [2.24, 2.45) is 0 Å². The van der Waals surface area contributed by atoms with Gasteiger partial charge in [-0.2, -0.15) is 0 Å². The lowest BCUT2D eigenvalue weighted by Crippen LogP contribution is -1.95. The van der Waals surface area contributed by atoms with Gasteiger partial charge in [-0.05, 0) is 194 Å². The van der Waals surface area contributed by atoms with E-state index in [0.29, 0.717) is 0 Å². The summed E-state index contributed by atoms with van der Waals surface area (Å²) in [6.45, 7) is 0. The maximum atomic E-state index is 2.42. The second-order valence-electron chi connectivity index (χ2n) is 26.0. The van der Waals surface area contributed by atoms with Crippen LogP contribution in [0, 0.1) is 0 Å². The molecule has 0 aliphatic rings. The molecule has 4 heterocycles. The summed E-state index contributed by atoms with van der Waals surface area (Å²) < 4.78 is 9.56. The van der Waals surface area contributed by atoms with Gasteiger partial charge in [0, 0.05) is 65.8 Å². The van der Waals surface area contributed by atoms with E-state index in [-0.39, 0.29) is 0 Å². The molecule has 0 aliphatic heterocycles. The highest BCUT2D eigenvalue weighted by molar-refractivity contribution is 6.15. The van der Waals surface area contributed by atoms with E-state index in [9.17, 15) is 0 Å². The van der Waals surface area contributed by atoms with Crippen molar-refractivity contribution in [3.8, 4) is 89.5 Å². The van der Waals surface area contributed by atoms with Crippen LogP contribution >= 0.6 is 0 Å². The van der Waals surface area contributed by atoms with Gasteiger partial charge in [0.15, 0.2) is 0 Å². The van der Waals surface area contributed by atoms with E-state index in [1.54, 1.807) is 0 Å². The van der Waals surface area contributed by atoms with Gasteiger partial charge in [0.25, 0.3) is 0 Å². The number of para-hydroxylation sites is 6. The summed E-state index contributed by atoms with van der Waals surface area (Å²) in [6, 6.07) is 141. The van der Waals surface area contributed by atoms with E-state index in [2.05, 4.69) is 407 Å². The molecule has 20 aromatic rings. The largest absolute Gasteiger partial charge is 0.309 e. The van der Waals surface area contributed by atoms with Gasteiger partial charge >= 0.3 is 0 Å². The minimum absolute atomic E-state index is 1.15. The minimum atomic E-state index is 1.15. The zero-order chi connectivity index (χ0) is 66.0. The summed E-state index contributed by atoms with van der Waals surface area (Å²) in [5.74, 6) is 0. The van der Waals surface area contributed by atoms with Crippen LogP contribution in [0.1, 0.15) is 0 Å². The first-order valence-electron chi connectivity index (χ1n) is 34.4. The molecule has 4 heteroatoms. The molecular formula is C96H64N4. The Kier molecular flexibility index (Phi) is 14.2. The van der Waals surface area contributed by atoms with Crippen LogP contribution in [0.15, 0.2) is 388 Å². The third kappa shape index (κ3) is 10.00. The molecule has 468 valence electrons. The third-order valence-corrected chi connectivity index (χ3v) is 20.2. The first kappa shape index (κ1) is 58.1. The highest BCUT2D eigenvalue weighted by Crippen LogP contribution is 2.43. The van der Waals surface area contributed by atoms with Crippen LogP contribution in [0.5, 0.6) is 0 Å². The summed E-state index contributed by atoms with van der Waals surface area (Å²) in [7, 11) is 0. The zero-order valence-corrected chi connectivity index (χ0v) is 54.7. The van der Waals surface area contributed by atoms with Crippen LogP contribution in [0.25, 0.3) is 177 Å². The number of benzene rings is 16. The molecule has 0 spiro atoms. The molecule has 0 saturated heterocycles. The fourth-order valence-corrected chi connectivity index (χ4v) is 15.6. The molecule has 0 saturated carbocycles. The van der Waals surface area contributed by atoms with E-state index in [1.807, 2.05) is 0 Å². The minimum Gasteiger partial charge on any atom is -0.309 e. The fourth-order valence-electron chi connectivity index (χ4n) is 15.6. The Morgan fingerprint density at radius 2 is 0.370 bits per heavy atom. The maximum Gasteiger partial charge on any atom is 0.0541 e. The van der Waals surface area contributed by atoms with Crippen LogP contribution in [-0.4, -0.2) is 18.3 Å². The second-order valence-corrected chi connectivity index (χ2v) is 26.0. The van der Waals surface area contributed by atoms with Gasteiger partial charge in [-0.1, -0.05) is 261 Å². The molecule has 0 bridgehead atoms. The Morgan fingerprint density at radius 1 is 0.120 bits per heavy atom. The van der Waals surface area contributed by atoms with Crippen molar-refractivity contribution in [3.63, 3.8) is 0 Å². The average Bonchev–Trinajstić information content (AvgIpc) is 1.60. The first-order valence-corrected chi connectivity index (χ1v) is 34.4. The molecule has 0 unspecified atom stereocenters. The van der Waals surface area contributed by atoms with Crippen molar-refractivity contribution >= 4 is 87.2 Å². The number of rotatable bonds is 10. The highest BCUT2D eigenvalue weighted by Gasteiger charge is 2.20. The van der Waals surface area contributed by atoms with E-state index >= 15 is 0 Å². The lowest BCUT2D eigenvalue weighted by Gasteiger charge is -2.13. The van der Waals surface area contributed by atoms with Crippen LogP contribution in [0.3, 0.4) is 0 Å². The summed E-state index contributed by atoms with van der Waals surface area (Å²) in [5.41, 5.74) is 29.0. The van der Waals surface area contributed by atoms with Crippen LogP contribution in [-0.2, 0) is 0 Å². The highest BCUT2D eigenvalue weighted by atomic mass is 15.0. The molecular weight excluding hydrogens is 1210 g/mol. The van der Waals surface area contributed by atoms with Crippen molar-refractivity contribution in [2.75, 3.05) is 0 Å². The third-order valence-electron chi connectivity index (χ3n) is 20.2. The SMILES string of the molecule is c1ccc(-c2cccc(-c3ccc(-n4c5ccccc5c5cc(-c6ccc7c(c6)c6ccccc6n7-c6ccccc6)ccc54)cc3)c2)cc1.c1ccc(-c2ccccc2-c2cccc(-n3c4ccccc4c4cc(-c5ccc6c(c5)c5ccccc5n6-c5ccccc5)ccc43)c2)cc1. The number of hydrogen-bond donors (Lipinski definition) is 0. The maximum absolute atomic E-state index is 2.42. The van der Waals surface area contributed by atoms with Crippen molar-refractivity contribution in [2.45, 2.75) is 0 Å². The van der Waals surface area contributed by atoms with Crippen molar-refractivity contribution < 1.29 is 0 Å². The van der Waals surface area contributed by atoms with Gasteiger partial charge in [0.1, 0.15) is 0 Å². The van der Waals surface area contributed by atoms with Gasteiger partial charge in [-0.3, -0.25) is 0 Å². The van der Waals surface area contributed by atoms with E-state index < -0.39 is 0 Å². The molecule has 4 aromatic heterocycles. The number of fused-ring (bicyclic) bond motifs is 12. The molecule has 0 aliphatic carbocycles. The standard InChI is InChI=1S/2C48H32N2/c1-3-12-33(13-4-1)35-14-11-15-36(30-35)34-22-26-40(27-23-34)50-46-21-10-8-19-42(46)44-32-38(25-29-48(44)50)37-24-28-47-43(31-37)41-18-7-9-20-45(41)49(47)39-16-5-2-6-17-39;1-3-14-33(15-4-1)39-20-7-8-21-40(39)36-16-13-19-38(30-36)50-46-25-12-10-23-42(46)44-32-35(27-29-48(44)50)34-26-28-47-43(31-34)41-22-9-11-24-45(41)49(47)37-17-5-2-6-18-37/h2*1-32H. The molecule has 20 rings (SSSR count). The van der Waals surface area contributed by atoms with E-state index in [4.69, 9.17) is 0 Å². The molecule has 0 radical (unpaired) electrons. The molecule has 16 aromatic carbocycles.